The molecule has 0 aromatic rings. The molecule has 1 N–H and O–H groups in total. The quantitative estimate of drug-likeness (QED) is 0.843. The van der Waals surface area contributed by atoms with E-state index in [-0.39, 0.29) is 43.6 Å². The van der Waals surface area contributed by atoms with Crippen molar-refractivity contribution in [2.24, 2.45) is 11.8 Å². The van der Waals surface area contributed by atoms with Crippen molar-refractivity contribution in [2.45, 2.75) is 77.4 Å². The molecule has 0 radical (unpaired) electrons. The summed E-state index contributed by atoms with van der Waals surface area (Å²) in [5, 5.41) is 9.41. The van der Waals surface area contributed by atoms with Crippen molar-refractivity contribution in [1.82, 2.24) is 0 Å². The van der Waals surface area contributed by atoms with Crippen LogP contribution < -0.4 is 0 Å². The van der Waals surface area contributed by atoms with Gasteiger partial charge in [-0.2, -0.15) is 0 Å². The van der Waals surface area contributed by atoms with Gasteiger partial charge in [-0.25, -0.2) is 0 Å². The maximum Gasteiger partial charge on any atom is 0.190 e. The Hall–Kier alpha value is -0.240. The van der Waals surface area contributed by atoms with Gasteiger partial charge < -0.3 is 28.8 Å². The van der Waals surface area contributed by atoms with Crippen molar-refractivity contribution in [3.05, 3.63) is 0 Å². The highest BCUT2D eigenvalue weighted by Crippen LogP contribution is 2.40. The molecule has 0 saturated carbocycles. The molecule has 3 saturated heterocycles. The van der Waals surface area contributed by atoms with Crippen molar-refractivity contribution in [3.8, 4) is 0 Å². The SMILES string of the molecule is CC1OC(CO)C2OC3OC(CC(C)C(C)C)OC3C2O1. The topological polar surface area (TPSA) is 66.4 Å². The molecule has 6 heteroatoms. The van der Waals surface area contributed by atoms with Gasteiger partial charge in [0.05, 0.1) is 6.61 Å². The Morgan fingerprint density at radius 2 is 1.67 bits per heavy atom. The summed E-state index contributed by atoms with van der Waals surface area (Å²) in [6.45, 7) is 8.32. The Morgan fingerprint density at radius 1 is 0.905 bits per heavy atom. The zero-order valence-corrected chi connectivity index (χ0v) is 13.1. The molecular weight excluding hydrogens is 276 g/mol. The third-order valence-electron chi connectivity index (χ3n) is 4.77. The predicted octanol–water partition coefficient (Wildman–Crippen LogP) is 1.26. The number of aliphatic hydroxyl groups excluding tert-OH is 1. The van der Waals surface area contributed by atoms with Crippen molar-refractivity contribution < 1.29 is 28.8 Å². The van der Waals surface area contributed by atoms with Gasteiger partial charge in [-0.15, -0.1) is 0 Å². The van der Waals surface area contributed by atoms with E-state index in [1.165, 1.54) is 0 Å². The summed E-state index contributed by atoms with van der Waals surface area (Å²) < 4.78 is 29.1. The van der Waals surface area contributed by atoms with Crippen molar-refractivity contribution in [1.29, 1.82) is 0 Å². The van der Waals surface area contributed by atoms with E-state index < -0.39 is 6.29 Å². The molecule has 0 aliphatic carbocycles. The Labute approximate surface area is 125 Å². The number of rotatable bonds is 4. The third-order valence-corrected chi connectivity index (χ3v) is 4.77. The van der Waals surface area contributed by atoms with Gasteiger partial charge in [0.15, 0.2) is 18.9 Å². The molecule has 3 aliphatic heterocycles. The van der Waals surface area contributed by atoms with E-state index in [0.29, 0.717) is 11.8 Å². The van der Waals surface area contributed by atoms with Crippen LogP contribution in [-0.2, 0) is 23.7 Å². The van der Waals surface area contributed by atoms with Crippen LogP contribution in [-0.4, -0.2) is 55.0 Å². The molecule has 122 valence electrons. The van der Waals surface area contributed by atoms with Gasteiger partial charge in [0.25, 0.3) is 0 Å². The summed E-state index contributed by atoms with van der Waals surface area (Å²) in [7, 11) is 0. The van der Waals surface area contributed by atoms with Crippen LogP contribution in [0.4, 0.5) is 0 Å². The van der Waals surface area contributed by atoms with Crippen molar-refractivity contribution in [3.63, 3.8) is 0 Å². The lowest BCUT2D eigenvalue weighted by atomic mass is 9.94. The Balaban J connectivity index is 1.62. The molecule has 0 aromatic heterocycles. The highest BCUT2D eigenvalue weighted by atomic mass is 16.8. The summed E-state index contributed by atoms with van der Waals surface area (Å²) in [5.41, 5.74) is 0. The van der Waals surface area contributed by atoms with Gasteiger partial charge in [0.1, 0.15) is 24.4 Å². The van der Waals surface area contributed by atoms with E-state index >= 15 is 0 Å². The molecule has 3 rings (SSSR count). The molecule has 3 heterocycles. The fourth-order valence-corrected chi connectivity index (χ4v) is 3.12. The summed E-state index contributed by atoms with van der Waals surface area (Å²) in [4.78, 5) is 0. The molecule has 8 atom stereocenters. The predicted molar refractivity (Wildman–Crippen MR) is 73.3 cm³/mol. The van der Waals surface area contributed by atoms with E-state index in [4.69, 9.17) is 23.7 Å². The van der Waals surface area contributed by atoms with Crippen LogP contribution in [0.25, 0.3) is 0 Å². The third kappa shape index (κ3) is 2.98. The lowest BCUT2D eigenvalue weighted by Crippen LogP contribution is -2.52. The molecule has 0 spiro atoms. The fourth-order valence-electron chi connectivity index (χ4n) is 3.12. The lowest BCUT2D eigenvalue weighted by Gasteiger charge is -2.37. The Kier molecular flexibility index (Phi) is 4.55. The zero-order valence-electron chi connectivity index (χ0n) is 13.1. The van der Waals surface area contributed by atoms with Gasteiger partial charge in [-0.3, -0.25) is 0 Å². The van der Waals surface area contributed by atoms with Crippen LogP contribution in [0.1, 0.15) is 34.1 Å². The van der Waals surface area contributed by atoms with Crippen LogP contribution in [0.2, 0.25) is 0 Å². The minimum absolute atomic E-state index is 0.0951. The molecule has 0 aromatic carbocycles. The molecule has 21 heavy (non-hydrogen) atoms. The molecule has 0 amide bonds. The Bertz CT molecular complexity index is 362. The highest BCUT2D eigenvalue weighted by molar-refractivity contribution is 4.98. The van der Waals surface area contributed by atoms with Gasteiger partial charge in [-0.1, -0.05) is 20.8 Å². The minimum Gasteiger partial charge on any atom is -0.394 e. The largest absolute Gasteiger partial charge is 0.394 e. The summed E-state index contributed by atoms with van der Waals surface area (Å²) in [5.74, 6) is 1.11. The van der Waals surface area contributed by atoms with Crippen molar-refractivity contribution in [2.75, 3.05) is 6.61 Å². The van der Waals surface area contributed by atoms with E-state index in [9.17, 15) is 5.11 Å². The molecule has 6 nitrogen and oxygen atoms in total. The molecule has 0 bridgehead atoms. The molecule has 8 unspecified atom stereocenters. The Morgan fingerprint density at radius 3 is 2.33 bits per heavy atom. The lowest BCUT2D eigenvalue weighted by molar-refractivity contribution is -0.296. The van der Waals surface area contributed by atoms with Crippen LogP contribution in [0.5, 0.6) is 0 Å². The second kappa shape index (κ2) is 6.10. The first kappa shape index (κ1) is 15.6. The maximum atomic E-state index is 9.41. The minimum atomic E-state index is -0.424. The first-order valence-corrected chi connectivity index (χ1v) is 7.87. The summed E-state index contributed by atoms with van der Waals surface area (Å²) in [6, 6.07) is 0. The van der Waals surface area contributed by atoms with E-state index in [0.717, 1.165) is 6.42 Å². The van der Waals surface area contributed by atoms with E-state index in [1.807, 2.05) is 6.92 Å². The second-order valence-electron chi connectivity index (χ2n) is 6.62. The van der Waals surface area contributed by atoms with Crippen LogP contribution in [0.3, 0.4) is 0 Å². The second-order valence-corrected chi connectivity index (χ2v) is 6.62. The normalized spacial score (nSPS) is 47.4. The van der Waals surface area contributed by atoms with Gasteiger partial charge >= 0.3 is 0 Å². The number of ether oxygens (including phenoxy) is 5. The molecule has 3 aliphatic rings. The number of hydrogen-bond acceptors (Lipinski definition) is 6. The average Bonchev–Trinajstić information content (AvgIpc) is 2.95. The molecule has 3 fully saturated rings. The monoisotopic (exact) mass is 302 g/mol. The first-order chi connectivity index (χ1) is 9.99. The fraction of sp³-hybridized carbons (Fsp3) is 1.00. The smallest absolute Gasteiger partial charge is 0.190 e. The van der Waals surface area contributed by atoms with Crippen LogP contribution >= 0.6 is 0 Å². The summed E-state index contributed by atoms with van der Waals surface area (Å²) >= 11 is 0. The maximum absolute atomic E-state index is 9.41. The number of fused-ring (bicyclic) bond motifs is 3. The molecular formula is C15H26O6. The van der Waals surface area contributed by atoms with Gasteiger partial charge in [0.2, 0.25) is 0 Å². The van der Waals surface area contributed by atoms with E-state index in [2.05, 4.69) is 20.8 Å². The van der Waals surface area contributed by atoms with Crippen LogP contribution in [0, 0.1) is 11.8 Å². The van der Waals surface area contributed by atoms with Crippen molar-refractivity contribution >= 4 is 0 Å². The van der Waals surface area contributed by atoms with Gasteiger partial charge in [-0.05, 0) is 18.8 Å². The van der Waals surface area contributed by atoms with Crippen LogP contribution in [0.15, 0.2) is 0 Å². The standard InChI is InChI=1S/C15H26O6/c1-7(2)8(3)5-11-19-14-13-12(21-15(14)20-11)10(6-16)17-9(4)18-13/h7-16H,5-6H2,1-4H3. The van der Waals surface area contributed by atoms with Gasteiger partial charge in [0, 0.05) is 6.42 Å². The van der Waals surface area contributed by atoms with E-state index in [1.54, 1.807) is 0 Å². The number of aliphatic hydroxyl groups is 1. The summed E-state index contributed by atoms with van der Waals surface area (Å²) in [6.07, 6.45) is -1.38. The number of hydrogen-bond donors (Lipinski definition) is 1. The highest BCUT2D eigenvalue weighted by Gasteiger charge is 2.57. The average molecular weight is 302 g/mol. The zero-order chi connectivity index (χ0) is 15.1. The first-order valence-electron chi connectivity index (χ1n) is 7.87.